The van der Waals surface area contributed by atoms with Crippen molar-refractivity contribution >= 4 is 0 Å². The molecule has 0 aliphatic carbocycles. The van der Waals surface area contributed by atoms with Crippen LogP contribution in [0.5, 0.6) is 0 Å². The van der Waals surface area contributed by atoms with Crippen molar-refractivity contribution in [3.05, 3.63) is 69.8 Å². The van der Waals surface area contributed by atoms with E-state index in [2.05, 4.69) is 11.5 Å². The van der Waals surface area contributed by atoms with Gasteiger partial charge in [-0.25, -0.2) is 8.78 Å². The minimum absolute atomic E-state index is 0.386. The third kappa shape index (κ3) is 3.46. The number of nitrogens with two attached hydrogens (primary N) is 1. The van der Waals surface area contributed by atoms with E-state index in [9.17, 15) is 8.78 Å². The molecule has 0 aromatic heterocycles. The number of nitrogens with one attached hydrogen (secondary N) is 1. The van der Waals surface area contributed by atoms with E-state index in [0.29, 0.717) is 17.5 Å². The van der Waals surface area contributed by atoms with Gasteiger partial charge in [-0.15, -0.1) is 0 Å². The summed E-state index contributed by atoms with van der Waals surface area (Å²) in [7, 11) is 0. The molecule has 112 valence electrons. The van der Waals surface area contributed by atoms with Crippen LogP contribution in [0.1, 0.15) is 33.9 Å². The molecule has 1 unspecified atom stereocenters. The van der Waals surface area contributed by atoms with Gasteiger partial charge in [0.15, 0.2) is 0 Å². The summed E-state index contributed by atoms with van der Waals surface area (Å²) < 4.78 is 27.4. The van der Waals surface area contributed by atoms with Gasteiger partial charge in [0, 0.05) is 11.6 Å². The van der Waals surface area contributed by atoms with Crippen molar-refractivity contribution in [1.82, 2.24) is 5.43 Å². The van der Waals surface area contributed by atoms with Crippen LogP contribution in [-0.2, 0) is 6.42 Å². The summed E-state index contributed by atoms with van der Waals surface area (Å²) in [6.45, 7) is 5.63. The van der Waals surface area contributed by atoms with Crippen molar-refractivity contribution in [2.45, 2.75) is 33.2 Å². The molecule has 0 heterocycles. The normalized spacial score (nSPS) is 12.5. The fourth-order valence-electron chi connectivity index (χ4n) is 2.45. The molecule has 0 radical (unpaired) electrons. The van der Waals surface area contributed by atoms with E-state index in [1.165, 1.54) is 6.07 Å². The summed E-state index contributed by atoms with van der Waals surface area (Å²) >= 11 is 0. The molecule has 0 spiro atoms. The average Bonchev–Trinajstić information content (AvgIpc) is 2.44. The first-order chi connectivity index (χ1) is 9.92. The molecule has 0 saturated heterocycles. The fourth-order valence-corrected chi connectivity index (χ4v) is 2.45. The molecule has 3 N–H and O–H groups in total. The van der Waals surface area contributed by atoms with E-state index in [-0.39, 0.29) is 0 Å². The second kappa shape index (κ2) is 6.33. The zero-order valence-corrected chi connectivity index (χ0v) is 12.5. The largest absolute Gasteiger partial charge is 0.271 e. The first kappa shape index (κ1) is 15.6. The lowest BCUT2D eigenvalue weighted by Crippen LogP contribution is -2.30. The van der Waals surface area contributed by atoms with Crippen LogP contribution < -0.4 is 11.3 Å². The Hall–Kier alpha value is -1.78. The third-order valence-corrected chi connectivity index (χ3v) is 3.78. The fraction of sp³-hybridized carbons (Fsp3) is 0.294. The van der Waals surface area contributed by atoms with Crippen molar-refractivity contribution < 1.29 is 8.78 Å². The summed E-state index contributed by atoms with van der Waals surface area (Å²) in [6, 6.07) is 8.16. The minimum atomic E-state index is -0.577. The van der Waals surface area contributed by atoms with Crippen LogP contribution in [0.25, 0.3) is 0 Å². The Bertz CT molecular complexity index is 653. The lowest BCUT2D eigenvalue weighted by atomic mass is 9.94. The smallest absolute Gasteiger partial charge is 0.130 e. The van der Waals surface area contributed by atoms with Crippen molar-refractivity contribution in [3.8, 4) is 0 Å². The number of benzene rings is 2. The molecule has 2 aromatic carbocycles. The number of hydrogen-bond donors (Lipinski definition) is 2. The van der Waals surface area contributed by atoms with Crippen molar-refractivity contribution in [2.75, 3.05) is 0 Å². The van der Waals surface area contributed by atoms with Gasteiger partial charge in [0.05, 0.1) is 6.04 Å². The molecule has 0 bridgehead atoms. The molecule has 0 fully saturated rings. The maximum absolute atomic E-state index is 14.0. The summed E-state index contributed by atoms with van der Waals surface area (Å²) in [6.07, 6.45) is 0.548. The lowest BCUT2D eigenvalue weighted by molar-refractivity contribution is 0.500. The summed E-state index contributed by atoms with van der Waals surface area (Å²) in [5.74, 6) is 4.47. The van der Waals surface area contributed by atoms with Gasteiger partial charge in [-0.2, -0.15) is 0 Å². The highest BCUT2D eigenvalue weighted by Crippen LogP contribution is 2.25. The van der Waals surface area contributed by atoms with E-state index >= 15 is 0 Å². The quantitative estimate of drug-likeness (QED) is 0.666. The highest BCUT2D eigenvalue weighted by atomic mass is 19.1. The van der Waals surface area contributed by atoms with Crippen LogP contribution >= 0.6 is 0 Å². The van der Waals surface area contributed by atoms with Gasteiger partial charge < -0.3 is 0 Å². The average molecular weight is 290 g/mol. The Kier molecular flexibility index (Phi) is 4.70. The van der Waals surface area contributed by atoms with Gasteiger partial charge >= 0.3 is 0 Å². The summed E-state index contributed by atoms with van der Waals surface area (Å²) in [4.78, 5) is 0. The van der Waals surface area contributed by atoms with Gasteiger partial charge in [-0.05, 0) is 49.9 Å². The number of hydrazine groups is 1. The van der Waals surface area contributed by atoms with Crippen LogP contribution in [-0.4, -0.2) is 0 Å². The van der Waals surface area contributed by atoms with Crippen LogP contribution in [0, 0.1) is 32.4 Å². The number of hydrogen-bond acceptors (Lipinski definition) is 2. The van der Waals surface area contributed by atoms with Gasteiger partial charge in [-0.1, -0.05) is 23.8 Å². The zero-order valence-electron chi connectivity index (χ0n) is 12.5. The maximum Gasteiger partial charge on any atom is 0.130 e. The predicted octanol–water partition coefficient (Wildman–Crippen LogP) is 3.64. The first-order valence-electron chi connectivity index (χ1n) is 6.90. The Morgan fingerprint density at radius 1 is 1.00 bits per heavy atom. The minimum Gasteiger partial charge on any atom is -0.271 e. The van der Waals surface area contributed by atoms with Crippen molar-refractivity contribution in [1.29, 1.82) is 0 Å². The van der Waals surface area contributed by atoms with Gasteiger partial charge in [0.25, 0.3) is 0 Å². The number of aryl methyl sites for hydroxylation is 3. The molecule has 2 rings (SSSR count). The molecule has 1 atom stereocenters. The topological polar surface area (TPSA) is 38.0 Å². The Morgan fingerprint density at radius 2 is 1.71 bits per heavy atom. The van der Waals surface area contributed by atoms with E-state index < -0.39 is 17.7 Å². The van der Waals surface area contributed by atoms with E-state index in [4.69, 9.17) is 5.84 Å². The maximum atomic E-state index is 14.0. The molecule has 0 aliphatic rings. The summed E-state index contributed by atoms with van der Waals surface area (Å²) in [5.41, 5.74) is 6.80. The monoisotopic (exact) mass is 290 g/mol. The summed E-state index contributed by atoms with van der Waals surface area (Å²) in [5, 5.41) is 0. The van der Waals surface area contributed by atoms with Crippen molar-refractivity contribution in [3.63, 3.8) is 0 Å². The molecule has 0 aliphatic heterocycles. The van der Waals surface area contributed by atoms with Crippen molar-refractivity contribution in [2.24, 2.45) is 5.84 Å². The molecule has 2 nitrogen and oxygen atoms in total. The molecule has 4 heteroatoms. The van der Waals surface area contributed by atoms with Gasteiger partial charge in [0.2, 0.25) is 0 Å². The Balaban J connectivity index is 2.36. The van der Waals surface area contributed by atoms with Gasteiger partial charge in [0.1, 0.15) is 11.6 Å². The van der Waals surface area contributed by atoms with Crippen LogP contribution in [0.3, 0.4) is 0 Å². The van der Waals surface area contributed by atoms with Crippen LogP contribution in [0.4, 0.5) is 8.78 Å². The SMILES string of the molecule is Cc1ccc(C)c(CC(NN)c2cc(C)c(F)cc2F)c1. The third-order valence-electron chi connectivity index (χ3n) is 3.78. The highest BCUT2D eigenvalue weighted by Gasteiger charge is 2.18. The standard InChI is InChI=1S/C17H20F2N2/c1-10-4-5-11(2)13(6-10)8-17(21-20)14-7-12(3)15(18)9-16(14)19/h4-7,9,17,21H,8,20H2,1-3H3. The Labute approximate surface area is 124 Å². The van der Waals surface area contributed by atoms with E-state index in [0.717, 1.165) is 22.8 Å². The van der Waals surface area contributed by atoms with Crippen LogP contribution in [0.2, 0.25) is 0 Å². The van der Waals surface area contributed by atoms with Gasteiger partial charge in [-0.3, -0.25) is 11.3 Å². The predicted molar refractivity (Wildman–Crippen MR) is 80.8 cm³/mol. The molecular formula is C17H20F2N2. The highest BCUT2D eigenvalue weighted by molar-refractivity contribution is 5.34. The molecule has 2 aromatic rings. The molecule has 0 saturated carbocycles. The number of rotatable bonds is 4. The second-order valence-electron chi connectivity index (χ2n) is 5.48. The van der Waals surface area contributed by atoms with E-state index in [1.807, 2.05) is 26.0 Å². The first-order valence-corrected chi connectivity index (χ1v) is 6.90. The van der Waals surface area contributed by atoms with Crippen LogP contribution in [0.15, 0.2) is 30.3 Å². The lowest BCUT2D eigenvalue weighted by Gasteiger charge is -2.19. The molecule has 0 amide bonds. The molecular weight excluding hydrogens is 270 g/mol. The molecule has 21 heavy (non-hydrogen) atoms. The Morgan fingerprint density at radius 3 is 2.38 bits per heavy atom. The second-order valence-corrected chi connectivity index (χ2v) is 5.48. The van der Waals surface area contributed by atoms with E-state index in [1.54, 1.807) is 6.92 Å². The number of halogens is 2. The zero-order chi connectivity index (χ0) is 15.6.